The Morgan fingerprint density at radius 3 is 3.00 bits per heavy atom. The van der Waals surface area contributed by atoms with Gasteiger partial charge in [0.2, 0.25) is 0 Å². The first-order chi connectivity index (χ1) is 8.58. The highest BCUT2D eigenvalue weighted by Gasteiger charge is 2.21. The molecule has 5 heteroatoms. The number of carbonyl (C=O) groups is 1. The normalized spacial score (nSPS) is 16.8. The van der Waals surface area contributed by atoms with E-state index in [0.29, 0.717) is 5.56 Å². The summed E-state index contributed by atoms with van der Waals surface area (Å²) >= 11 is 1.03. The van der Waals surface area contributed by atoms with Gasteiger partial charge in [0.05, 0.1) is 6.10 Å². The van der Waals surface area contributed by atoms with Gasteiger partial charge < -0.3 is 15.5 Å². The highest BCUT2D eigenvalue weighted by molar-refractivity contribution is 8.13. The van der Waals surface area contributed by atoms with E-state index in [1.165, 1.54) is 6.92 Å². The Balaban J connectivity index is 2.04. The van der Waals surface area contributed by atoms with E-state index >= 15 is 0 Å². The maximum atomic E-state index is 10.8. The fourth-order valence-corrected chi connectivity index (χ4v) is 2.61. The maximum absolute atomic E-state index is 10.8. The minimum absolute atomic E-state index is 0.0561. The van der Waals surface area contributed by atoms with Gasteiger partial charge in [-0.25, -0.2) is 0 Å². The SMILES string of the molecule is CC(=O)SCC(O)C(O)c1ccc2c(c1)CCN2. The number of fused-ring (bicyclic) bond motifs is 1. The Bertz CT molecular complexity index is 450. The Morgan fingerprint density at radius 2 is 2.28 bits per heavy atom. The van der Waals surface area contributed by atoms with Crippen molar-refractivity contribution in [3.8, 4) is 0 Å². The Labute approximate surface area is 110 Å². The molecule has 2 unspecified atom stereocenters. The van der Waals surface area contributed by atoms with Crippen LogP contribution in [0.1, 0.15) is 24.2 Å². The molecule has 1 aliphatic rings. The zero-order valence-corrected chi connectivity index (χ0v) is 11.0. The van der Waals surface area contributed by atoms with Crippen LogP contribution >= 0.6 is 11.8 Å². The van der Waals surface area contributed by atoms with Gasteiger partial charge in [0, 0.05) is 24.9 Å². The van der Waals surface area contributed by atoms with E-state index in [1.54, 1.807) is 0 Å². The van der Waals surface area contributed by atoms with Crippen LogP contribution in [0.25, 0.3) is 0 Å². The van der Waals surface area contributed by atoms with Crippen molar-refractivity contribution in [2.45, 2.75) is 25.6 Å². The summed E-state index contributed by atoms with van der Waals surface area (Å²) in [5, 5.41) is 23.1. The highest BCUT2D eigenvalue weighted by Crippen LogP contribution is 2.27. The summed E-state index contributed by atoms with van der Waals surface area (Å²) in [4.78, 5) is 10.8. The van der Waals surface area contributed by atoms with Crippen LogP contribution in [0.15, 0.2) is 18.2 Å². The smallest absolute Gasteiger partial charge is 0.185 e. The van der Waals surface area contributed by atoms with Gasteiger partial charge in [-0.15, -0.1) is 0 Å². The number of hydrogen-bond acceptors (Lipinski definition) is 5. The average Bonchev–Trinajstić information content (AvgIpc) is 2.81. The van der Waals surface area contributed by atoms with Crippen LogP contribution in [0.4, 0.5) is 5.69 Å². The van der Waals surface area contributed by atoms with E-state index in [9.17, 15) is 15.0 Å². The Hall–Kier alpha value is -1.04. The third kappa shape index (κ3) is 3.04. The Morgan fingerprint density at radius 1 is 1.50 bits per heavy atom. The van der Waals surface area contributed by atoms with E-state index in [0.717, 1.165) is 36.0 Å². The lowest BCUT2D eigenvalue weighted by Crippen LogP contribution is -2.21. The largest absolute Gasteiger partial charge is 0.389 e. The predicted molar refractivity (Wildman–Crippen MR) is 72.7 cm³/mol. The molecule has 1 aromatic carbocycles. The lowest BCUT2D eigenvalue weighted by molar-refractivity contribution is -0.109. The molecule has 0 amide bonds. The van der Waals surface area contributed by atoms with Crippen LogP contribution in [0, 0.1) is 0 Å². The number of anilines is 1. The number of aliphatic hydroxyl groups is 2. The molecule has 0 fully saturated rings. The van der Waals surface area contributed by atoms with Crippen molar-refractivity contribution in [1.82, 2.24) is 0 Å². The molecule has 4 nitrogen and oxygen atoms in total. The molecule has 3 N–H and O–H groups in total. The van der Waals surface area contributed by atoms with Crippen molar-refractivity contribution in [2.75, 3.05) is 17.6 Å². The first kappa shape index (κ1) is 13.4. The lowest BCUT2D eigenvalue weighted by atomic mass is 10.0. The van der Waals surface area contributed by atoms with Crippen LogP contribution in [-0.4, -0.2) is 33.7 Å². The number of benzene rings is 1. The molecule has 0 bridgehead atoms. The van der Waals surface area contributed by atoms with Crippen LogP contribution in [-0.2, 0) is 11.2 Å². The highest BCUT2D eigenvalue weighted by atomic mass is 32.2. The van der Waals surface area contributed by atoms with Gasteiger partial charge in [0.25, 0.3) is 0 Å². The van der Waals surface area contributed by atoms with Gasteiger partial charge in [0.15, 0.2) is 5.12 Å². The molecule has 2 atom stereocenters. The molecule has 98 valence electrons. The number of nitrogens with one attached hydrogen (secondary N) is 1. The molecule has 1 aliphatic heterocycles. The van der Waals surface area contributed by atoms with Crippen molar-refractivity contribution >= 4 is 22.6 Å². The topological polar surface area (TPSA) is 69.6 Å². The van der Waals surface area contributed by atoms with Gasteiger partial charge in [-0.05, 0) is 23.6 Å². The molecule has 0 spiro atoms. The summed E-state index contributed by atoms with van der Waals surface area (Å²) in [7, 11) is 0. The van der Waals surface area contributed by atoms with Gasteiger partial charge in [0.1, 0.15) is 6.10 Å². The van der Waals surface area contributed by atoms with Gasteiger partial charge in [-0.2, -0.15) is 0 Å². The van der Waals surface area contributed by atoms with Crippen LogP contribution in [0.5, 0.6) is 0 Å². The van der Waals surface area contributed by atoms with Crippen molar-refractivity contribution < 1.29 is 15.0 Å². The number of hydrogen-bond donors (Lipinski definition) is 3. The number of aliphatic hydroxyl groups excluding tert-OH is 2. The molecular formula is C13H17NO3S. The summed E-state index contributed by atoms with van der Waals surface area (Å²) in [6, 6.07) is 5.65. The van der Waals surface area contributed by atoms with Crippen LogP contribution in [0.2, 0.25) is 0 Å². The monoisotopic (exact) mass is 267 g/mol. The molecular weight excluding hydrogens is 250 g/mol. The second-order valence-corrected chi connectivity index (χ2v) is 5.61. The molecule has 0 aromatic heterocycles. The fourth-order valence-electron chi connectivity index (χ4n) is 2.02. The van der Waals surface area contributed by atoms with Crippen LogP contribution in [0.3, 0.4) is 0 Å². The van der Waals surface area contributed by atoms with Crippen molar-refractivity contribution in [3.05, 3.63) is 29.3 Å². The third-order valence-electron chi connectivity index (χ3n) is 3.00. The fraction of sp³-hybridized carbons (Fsp3) is 0.462. The summed E-state index contributed by atoms with van der Waals surface area (Å²) in [6.07, 6.45) is -0.928. The molecule has 18 heavy (non-hydrogen) atoms. The van der Waals surface area contributed by atoms with E-state index in [2.05, 4.69) is 5.32 Å². The number of thioether (sulfide) groups is 1. The molecule has 0 saturated carbocycles. The minimum Gasteiger partial charge on any atom is -0.389 e. The quantitative estimate of drug-likeness (QED) is 0.768. The van der Waals surface area contributed by atoms with Crippen molar-refractivity contribution in [1.29, 1.82) is 0 Å². The van der Waals surface area contributed by atoms with Gasteiger partial charge in [-0.3, -0.25) is 4.79 Å². The first-order valence-corrected chi connectivity index (χ1v) is 6.92. The molecule has 0 saturated heterocycles. The average molecular weight is 267 g/mol. The summed E-state index contributed by atoms with van der Waals surface area (Å²) in [5.41, 5.74) is 2.96. The molecule has 1 aromatic rings. The van der Waals surface area contributed by atoms with E-state index < -0.39 is 12.2 Å². The number of carbonyl (C=O) groups excluding carboxylic acids is 1. The first-order valence-electron chi connectivity index (χ1n) is 5.94. The van der Waals surface area contributed by atoms with Crippen molar-refractivity contribution in [3.63, 3.8) is 0 Å². The van der Waals surface area contributed by atoms with Gasteiger partial charge in [-0.1, -0.05) is 23.9 Å². The molecule has 1 heterocycles. The van der Waals surface area contributed by atoms with Crippen LogP contribution < -0.4 is 5.32 Å². The maximum Gasteiger partial charge on any atom is 0.185 e. The van der Waals surface area contributed by atoms with Crippen molar-refractivity contribution in [2.24, 2.45) is 0 Å². The zero-order valence-electron chi connectivity index (χ0n) is 10.2. The van der Waals surface area contributed by atoms with Gasteiger partial charge >= 0.3 is 0 Å². The lowest BCUT2D eigenvalue weighted by Gasteiger charge is -2.18. The third-order valence-corrected chi connectivity index (χ3v) is 3.92. The zero-order chi connectivity index (χ0) is 13.1. The van der Waals surface area contributed by atoms with E-state index in [1.807, 2.05) is 18.2 Å². The minimum atomic E-state index is -0.942. The molecule has 2 rings (SSSR count). The summed E-state index contributed by atoms with van der Waals surface area (Å²) < 4.78 is 0. The second-order valence-electron chi connectivity index (χ2n) is 4.41. The summed E-state index contributed by atoms with van der Waals surface area (Å²) in [5.74, 6) is 0.214. The number of rotatable bonds is 4. The summed E-state index contributed by atoms with van der Waals surface area (Å²) in [6.45, 7) is 2.36. The second kappa shape index (κ2) is 5.73. The molecule has 0 radical (unpaired) electrons. The molecule has 0 aliphatic carbocycles. The van der Waals surface area contributed by atoms with E-state index in [4.69, 9.17) is 0 Å². The van der Waals surface area contributed by atoms with E-state index in [-0.39, 0.29) is 10.9 Å². The predicted octanol–water partition coefficient (Wildman–Crippen LogP) is 1.33. The Kier molecular flexibility index (Phi) is 4.27. The standard InChI is InChI=1S/C13H17NO3S/c1-8(15)18-7-12(16)13(17)10-2-3-11-9(6-10)4-5-14-11/h2-3,6,12-14,16-17H,4-5,7H2,1H3.